The Morgan fingerprint density at radius 1 is 0.672 bits per heavy atom. The zero-order chi connectivity index (χ0) is 39.6. The highest BCUT2D eigenvalue weighted by Crippen LogP contribution is 2.44. The minimum atomic E-state index is 0.317. The summed E-state index contributed by atoms with van der Waals surface area (Å²) in [5.74, 6) is 3.56. The number of benzene rings is 7. The Hall–Kier alpha value is -6.82. The quantitative estimate of drug-likeness (QED) is 0.0768. The van der Waals surface area contributed by atoms with Crippen molar-refractivity contribution in [3.63, 3.8) is 0 Å². The summed E-state index contributed by atoms with van der Waals surface area (Å²) in [4.78, 5) is 2.57. The van der Waals surface area contributed by atoms with Gasteiger partial charge in [-0.05, 0) is 130 Å². The Morgan fingerprint density at radius 3 is 1.95 bits per heavy atom. The predicted octanol–water partition coefficient (Wildman–Crippen LogP) is 15.0. The number of aromatic nitrogens is 1. The van der Waals surface area contributed by atoms with Crippen molar-refractivity contribution in [2.75, 3.05) is 4.90 Å². The topological polar surface area (TPSA) is 8.17 Å². The van der Waals surface area contributed by atoms with E-state index in [2.05, 4.69) is 212 Å². The SMILES string of the molecule is C#C/C=C\C=C(/C)c1c2ccccc2c(-c2ccc3c(c2)c2ccccc2n3-c2ccc(N(c3ccccc3)C(CC)C3C=CC=CC3CC)cc2)c2ccccc12. The van der Waals surface area contributed by atoms with Gasteiger partial charge in [-0.15, -0.1) is 6.42 Å². The minimum Gasteiger partial charge on any atom is -0.338 e. The Labute approximate surface area is 342 Å². The molecular weight excluding hydrogens is 701 g/mol. The number of para-hydroxylation sites is 2. The maximum atomic E-state index is 5.54. The Balaban J connectivity index is 1.18. The van der Waals surface area contributed by atoms with Crippen molar-refractivity contribution in [1.29, 1.82) is 0 Å². The molecule has 3 atom stereocenters. The van der Waals surface area contributed by atoms with Gasteiger partial charge in [0.15, 0.2) is 0 Å². The van der Waals surface area contributed by atoms with E-state index in [1.807, 2.05) is 6.08 Å². The van der Waals surface area contributed by atoms with E-state index in [0.717, 1.165) is 18.5 Å². The molecule has 0 N–H and O–H groups in total. The van der Waals surface area contributed by atoms with Crippen LogP contribution in [0.5, 0.6) is 0 Å². The first-order chi connectivity index (χ1) is 28.6. The van der Waals surface area contributed by atoms with Crippen LogP contribution in [0.3, 0.4) is 0 Å². The van der Waals surface area contributed by atoms with E-state index in [1.165, 1.54) is 77.0 Å². The summed E-state index contributed by atoms with van der Waals surface area (Å²) in [6.07, 6.45) is 22.8. The largest absolute Gasteiger partial charge is 0.338 e. The second-order valence-electron chi connectivity index (χ2n) is 15.4. The molecule has 2 nitrogen and oxygen atoms in total. The van der Waals surface area contributed by atoms with Crippen molar-refractivity contribution in [1.82, 2.24) is 4.57 Å². The molecule has 0 amide bonds. The van der Waals surface area contributed by atoms with E-state index < -0.39 is 0 Å². The number of nitrogens with zero attached hydrogens (tertiary/aromatic N) is 2. The molecule has 282 valence electrons. The zero-order valence-corrected chi connectivity index (χ0v) is 33.5. The van der Waals surface area contributed by atoms with Gasteiger partial charge in [0.2, 0.25) is 0 Å². The normalized spacial score (nSPS) is 16.1. The maximum Gasteiger partial charge on any atom is 0.0541 e. The summed E-state index contributed by atoms with van der Waals surface area (Å²) in [6.45, 7) is 6.82. The van der Waals surface area contributed by atoms with Crippen LogP contribution in [0.25, 0.3) is 65.7 Å². The highest BCUT2D eigenvalue weighted by molar-refractivity contribution is 6.20. The molecule has 1 aromatic heterocycles. The first-order valence-electron chi connectivity index (χ1n) is 20.7. The third-order valence-electron chi connectivity index (χ3n) is 12.2. The molecule has 1 aliphatic carbocycles. The van der Waals surface area contributed by atoms with Crippen LogP contribution in [0.1, 0.15) is 39.2 Å². The highest BCUT2D eigenvalue weighted by Gasteiger charge is 2.31. The lowest BCUT2D eigenvalue weighted by Crippen LogP contribution is -2.39. The molecule has 0 saturated heterocycles. The van der Waals surface area contributed by atoms with Crippen molar-refractivity contribution in [3.05, 3.63) is 194 Å². The van der Waals surface area contributed by atoms with E-state index in [0.29, 0.717) is 17.9 Å². The summed E-state index contributed by atoms with van der Waals surface area (Å²) in [5.41, 5.74) is 10.9. The fourth-order valence-corrected chi connectivity index (χ4v) is 9.60. The smallest absolute Gasteiger partial charge is 0.0541 e. The van der Waals surface area contributed by atoms with Gasteiger partial charge in [-0.25, -0.2) is 0 Å². The summed E-state index contributed by atoms with van der Waals surface area (Å²) < 4.78 is 2.43. The second kappa shape index (κ2) is 16.0. The molecule has 7 aromatic carbocycles. The van der Waals surface area contributed by atoms with Crippen LogP contribution < -0.4 is 4.90 Å². The number of hydrogen-bond acceptors (Lipinski definition) is 1. The predicted molar refractivity (Wildman–Crippen MR) is 251 cm³/mol. The van der Waals surface area contributed by atoms with Crippen LogP contribution >= 0.6 is 0 Å². The average molecular weight is 749 g/mol. The van der Waals surface area contributed by atoms with Gasteiger partial charge in [0, 0.05) is 39.8 Å². The molecule has 9 rings (SSSR count). The van der Waals surface area contributed by atoms with Crippen LogP contribution in [0.15, 0.2) is 188 Å². The van der Waals surface area contributed by atoms with Crippen molar-refractivity contribution < 1.29 is 0 Å². The first-order valence-corrected chi connectivity index (χ1v) is 20.7. The van der Waals surface area contributed by atoms with Gasteiger partial charge in [-0.2, -0.15) is 0 Å². The van der Waals surface area contributed by atoms with Gasteiger partial charge >= 0.3 is 0 Å². The van der Waals surface area contributed by atoms with Gasteiger partial charge in [-0.1, -0.05) is 147 Å². The first kappa shape index (κ1) is 36.8. The number of terminal acetylenes is 1. The lowest BCUT2D eigenvalue weighted by Gasteiger charge is -2.40. The van der Waals surface area contributed by atoms with E-state index in [-0.39, 0.29) is 0 Å². The van der Waals surface area contributed by atoms with Crippen LogP contribution in [-0.2, 0) is 0 Å². The molecule has 0 saturated carbocycles. The molecule has 3 unspecified atom stereocenters. The third kappa shape index (κ3) is 6.44. The standard InChI is InChI=1S/C56H48N2/c1-5-8-10-21-39(4)55-47-27-15-17-29-49(47)56(50-30-18-16-28-48(50)55)41-32-37-54-51(38-41)46-26-19-20-31-53(46)58(54)44-35-33-43(34-36-44)57(42-23-11-9-12-24-42)52(7-3)45-25-14-13-22-40(45)6-2/h1,8-38,40,45,52H,6-7H2,2-4H3/b10-8-,39-21+. The fraction of sp³-hybridized carbons (Fsp3) is 0.143. The Kier molecular flexibility index (Phi) is 10.1. The molecule has 1 heterocycles. The van der Waals surface area contributed by atoms with Gasteiger partial charge in [-0.3, -0.25) is 0 Å². The van der Waals surface area contributed by atoms with Crippen molar-refractivity contribution >= 4 is 60.3 Å². The molecule has 8 aromatic rings. The lowest BCUT2D eigenvalue weighted by atomic mass is 9.79. The average Bonchev–Trinajstić information content (AvgIpc) is 3.61. The number of hydrogen-bond donors (Lipinski definition) is 0. The molecule has 0 fully saturated rings. The number of anilines is 2. The van der Waals surface area contributed by atoms with E-state index in [9.17, 15) is 0 Å². The summed E-state index contributed by atoms with van der Waals surface area (Å²) in [6, 6.07) is 54.0. The fourth-order valence-electron chi connectivity index (χ4n) is 9.60. The second-order valence-corrected chi connectivity index (χ2v) is 15.4. The molecular formula is C56H48N2. The van der Waals surface area contributed by atoms with Crippen LogP contribution in [0.4, 0.5) is 11.4 Å². The minimum absolute atomic E-state index is 0.317. The van der Waals surface area contributed by atoms with E-state index in [4.69, 9.17) is 6.42 Å². The lowest BCUT2D eigenvalue weighted by molar-refractivity contribution is 0.371. The summed E-state index contributed by atoms with van der Waals surface area (Å²) in [7, 11) is 0. The maximum absolute atomic E-state index is 5.54. The van der Waals surface area contributed by atoms with Crippen LogP contribution in [0, 0.1) is 24.2 Å². The molecule has 1 aliphatic rings. The molecule has 0 bridgehead atoms. The van der Waals surface area contributed by atoms with Crippen molar-refractivity contribution in [2.45, 2.75) is 39.7 Å². The number of allylic oxidation sites excluding steroid dienone is 7. The van der Waals surface area contributed by atoms with Gasteiger partial charge in [0.05, 0.1) is 11.0 Å². The number of rotatable bonds is 10. The monoisotopic (exact) mass is 748 g/mol. The Bertz CT molecular complexity index is 2890. The molecule has 0 radical (unpaired) electrons. The van der Waals surface area contributed by atoms with Crippen molar-refractivity contribution in [2.24, 2.45) is 11.8 Å². The highest BCUT2D eigenvalue weighted by atomic mass is 15.2. The third-order valence-corrected chi connectivity index (χ3v) is 12.2. The van der Waals surface area contributed by atoms with E-state index >= 15 is 0 Å². The Morgan fingerprint density at radius 2 is 1.28 bits per heavy atom. The van der Waals surface area contributed by atoms with E-state index in [1.54, 1.807) is 6.08 Å². The van der Waals surface area contributed by atoms with Crippen LogP contribution in [0.2, 0.25) is 0 Å². The van der Waals surface area contributed by atoms with Gasteiger partial charge in [0.25, 0.3) is 0 Å². The number of fused-ring (bicyclic) bond motifs is 5. The molecule has 58 heavy (non-hydrogen) atoms. The molecule has 0 spiro atoms. The zero-order valence-electron chi connectivity index (χ0n) is 33.5. The molecule has 2 heteroatoms. The molecule has 0 aliphatic heterocycles. The summed E-state index contributed by atoms with van der Waals surface area (Å²) in [5, 5.41) is 7.43. The summed E-state index contributed by atoms with van der Waals surface area (Å²) >= 11 is 0. The van der Waals surface area contributed by atoms with Gasteiger partial charge < -0.3 is 9.47 Å². The van der Waals surface area contributed by atoms with Crippen molar-refractivity contribution in [3.8, 4) is 29.2 Å². The van der Waals surface area contributed by atoms with Gasteiger partial charge in [0.1, 0.15) is 0 Å². The van der Waals surface area contributed by atoms with Crippen LogP contribution in [-0.4, -0.2) is 10.6 Å².